The first-order valence-electron chi connectivity index (χ1n) is 7.93. The quantitative estimate of drug-likeness (QED) is 0.917. The summed E-state index contributed by atoms with van der Waals surface area (Å²) in [5.74, 6) is 0.457. The first-order valence-corrected chi connectivity index (χ1v) is 7.93. The summed E-state index contributed by atoms with van der Waals surface area (Å²) in [6, 6.07) is 12.7. The van der Waals surface area contributed by atoms with Crippen molar-refractivity contribution in [3.05, 3.63) is 48.7 Å². The van der Waals surface area contributed by atoms with Crippen LogP contribution in [0.3, 0.4) is 0 Å². The summed E-state index contributed by atoms with van der Waals surface area (Å²) < 4.78 is 5.58. The number of anilines is 2. The molecule has 1 aromatic carbocycles. The first-order chi connectivity index (χ1) is 11.7. The van der Waals surface area contributed by atoms with Crippen LogP contribution >= 0.6 is 0 Å². The van der Waals surface area contributed by atoms with Gasteiger partial charge in [0.2, 0.25) is 11.8 Å². The van der Waals surface area contributed by atoms with Gasteiger partial charge in [0.05, 0.1) is 18.2 Å². The molecule has 1 atom stereocenters. The van der Waals surface area contributed by atoms with Gasteiger partial charge in [-0.05, 0) is 31.2 Å². The molecule has 124 valence electrons. The molecular weight excluding hydrogens is 306 g/mol. The number of rotatable bonds is 5. The molecule has 0 bridgehead atoms. The van der Waals surface area contributed by atoms with E-state index in [1.165, 1.54) is 0 Å². The van der Waals surface area contributed by atoms with Crippen LogP contribution in [0.2, 0.25) is 0 Å². The summed E-state index contributed by atoms with van der Waals surface area (Å²) >= 11 is 0. The molecule has 1 aliphatic rings. The van der Waals surface area contributed by atoms with Crippen LogP contribution in [0.5, 0.6) is 5.75 Å². The van der Waals surface area contributed by atoms with Gasteiger partial charge in [0, 0.05) is 19.2 Å². The predicted molar refractivity (Wildman–Crippen MR) is 90.9 cm³/mol. The topological polar surface area (TPSA) is 71.5 Å². The number of para-hydroxylation sites is 2. The number of hydrogen-bond donors (Lipinski definition) is 1. The number of amides is 2. The molecule has 0 spiro atoms. The fourth-order valence-corrected chi connectivity index (χ4v) is 2.74. The Hall–Kier alpha value is -2.89. The molecule has 3 rings (SSSR count). The smallest absolute Gasteiger partial charge is 0.230 e. The maximum atomic E-state index is 12.4. The lowest BCUT2D eigenvalue weighted by molar-refractivity contribution is -0.122. The van der Waals surface area contributed by atoms with Gasteiger partial charge < -0.3 is 15.0 Å². The lowest BCUT2D eigenvalue weighted by Crippen LogP contribution is -2.28. The van der Waals surface area contributed by atoms with Crippen molar-refractivity contribution in [3.8, 4) is 5.75 Å². The van der Waals surface area contributed by atoms with Crippen LogP contribution in [0.15, 0.2) is 48.7 Å². The van der Waals surface area contributed by atoms with Crippen molar-refractivity contribution in [2.45, 2.75) is 13.3 Å². The Morgan fingerprint density at radius 3 is 2.83 bits per heavy atom. The van der Waals surface area contributed by atoms with Crippen LogP contribution in [-0.2, 0) is 9.59 Å². The van der Waals surface area contributed by atoms with E-state index in [2.05, 4.69) is 10.3 Å². The average Bonchev–Trinajstić information content (AvgIpc) is 2.98. The number of aromatic nitrogens is 1. The highest BCUT2D eigenvalue weighted by Crippen LogP contribution is 2.33. The molecule has 0 radical (unpaired) electrons. The minimum absolute atomic E-state index is 0.0803. The Morgan fingerprint density at radius 2 is 2.08 bits per heavy atom. The molecule has 1 N–H and O–H groups in total. The van der Waals surface area contributed by atoms with E-state index >= 15 is 0 Å². The Kier molecular flexibility index (Phi) is 4.74. The van der Waals surface area contributed by atoms with Gasteiger partial charge in [-0.2, -0.15) is 0 Å². The molecule has 6 heteroatoms. The lowest BCUT2D eigenvalue weighted by Gasteiger charge is -2.20. The molecule has 0 saturated carbocycles. The summed E-state index contributed by atoms with van der Waals surface area (Å²) in [7, 11) is 0. The van der Waals surface area contributed by atoms with Gasteiger partial charge in [-0.1, -0.05) is 18.2 Å². The Labute approximate surface area is 140 Å². The molecule has 1 saturated heterocycles. The van der Waals surface area contributed by atoms with E-state index in [9.17, 15) is 9.59 Å². The maximum Gasteiger partial charge on any atom is 0.230 e. The molecule has 2 heterocycles. The highest BCUT2D eigenvalue weighted by molar-refractivity contribution is 6.03. The van der Waals surface area contributed by atoms with E-state index in [1.54, 1.807) is 29.3 Å². The number of ether oxygens (including phenoxy) is 1. The Bertz CT molecular complexity index is 733. The number of benzene rings is 1. The van der Waals surface area contributed by atoms with E-state index < -0.39 is 5.92 Å². The lowest BCUT2D eigenvalue weighted by atomic mass is 10.1. The van der Waals surface area contributed by atoms with Crippen molar-refractivity contribution < 1.29 is 14.3 Å². The summed E-state index contributed by atoms with van der Waals surface area (Å²) in [5, 5.41) is 2.76. The van der Waals surface area contributed by atoms with Gasteiger partial charge in [-0.15, -0.1) is 0 Å². The van der Waals surface area contributed by atoms with Gasteiger partial charge in [0.15, 0.2) is 0 Å². The van der Waals surface area contributed by atoms with Gasteiger partial charge in [-0.25, -0.2) is 4.98 Å². The minimum Gasteiger partial charge on any atom is -0.492 e. The predicted octanol–water partition coefficient (Wildman–Crippen LogP) is 2.47. The normalized spacial score (nSPS) is 17.0. The van der Waals surface area contributed by atoms with Crippen LogP contribution in [0.4, 0.5) is 11.5 Å². The highest BCUT2D eigenvalue weighted by atomic mass is 16.5. The van der Waals surface area contributed by atoms with Crippen LogP contribution in [0.1, 0.15) is 13.3 Å². The van der Waals surface area contributed by atoms with E-state index in [-0.39, 0.29) is 18.2 Å². The molecule has 2 amide bonds. The van der Waals surface area contributed by atoms with E-state index in [4.69, 9.17) is 4.74 Å². The van der Waals surface area contributed by atoms with Gasteiger partial charge >= 0.3 is 0 Å². The van der Waals surface area contributed by atoms with Gasteiger partial charge in [-0.3, -0.25) is 9.59 Å². The Morgan fingerprint density at radius 1 is 1.29 bits per heavy atom. The zero-order valence-corrected chi connectivity index (χ0v) is 13.4. The number of nitrogens with zero attached hydrogens (tertiary/aromatic N) is 2. The second-order valence-electron chi connectivity index (χ2n) is 5.51. The second kappa shape index (κ2) is 7.12. The van der Waals surface area contributed by atoms with Crippen LogP contribution < -0.4 is 15.0 Å². The third kappa shape index (κ3) is 3.37. The minimum atomic E-state index is -0.408. The van der Waals surface area contributed by atoms with Gasteiger partial charge in [0.25, 0.3) is 0 Å². The van der Waals surface area contributed by atoms with Crippen molar-refractivity contribution in [2.24, 2.45) is 5.92 Å². The summed E-state index contributed by atoms with van der Waals surface area (Å²) in [5.41, 5.74) is 0.706. The molecule has 6 nitrogen and oxygen atoms in total. The number of carbonyl (C=O) groups excluding carboxylic acids is 2. The molecule has 0 aliphatic carbocycles. The van der Waals surface area contributed by atoms with Crippen molar-refractivity contribution >= 4 is 23.3 Å². The number of carbonyl (C=O) groups is 2. The highest BCUT2D eigenvalue weighted by Gasteiger charge is 2.36. The van der Waals surface area contributed by atoms with Crippen LogP contribution in [0, 0.1) is 5.92 Å². The third-order valence-electron chi connectivity index (χ3n) is 3.87. The number of nitrogens with one attached hydrogen (secondary N) is 1. The fourth-order valence-electron chi connectivity index (χ4n) is 2.74. The molecule has 0 unspecified atom stereocenters. The second-order valence-corrected chi connectivity index (χ2v) is 5.51. The fraction of sp³-hybridized carbons (Fsp3) is 0.278. The van der Waals surface area contributed by atoms with Crippen molar-refractivity contribution in [1.29, 1.82) is 0 Å². The molecule has 24 heavy (non-hydrogen) atoms. The number of pyridine rings is 1. The van der Waals surface area contributed by atoms with Crippen LogP contribution in [-0.4, -0.2) is 29.9 Å². The van der Waals surface area contributed by atoms with E-state index in [0.29, 0.717) is 30.4 Å². The van der Waals surface area contributed by atoms with Crippen LogP contribution in [0.25, 0.3) is 0 Å². The summed E-state index contributed by atoms with van der Waals surface area (Å²) in [4.78, 5) is 30.5. The van der Waals surface area contributed by atoms with E-state index in [1.807, 2.05) is 31.2 Å². The molecular formula is C18H19N3O3. The van der Waals surface area contributed by atoms with Crippen molar-refractivity contribution in [3.63, 3.8) is 0 Å². The first kappa shape index (κ1) is 16.0. The monoisotopic (exact) mass is 325 g/mol. The maximum absolute atomic E-state index is 12.4. The molecule has 1 fully saturated rings. The number of hydrogen-bond acceptors (Lipinski definition) is 4. The van der Waals surface area contributed by atoms with E-state index in [0.717, 1.165) is 0 Å². The third-order valence-corrected chi connectivity index (χ3v) is 3.87. The standard InChI is InChI=1S/C18H19N3O3/c1-2-24-15-8-4-3-7-14(15)21-12-13(11-17(21)22)18(23)20-16-9-5-6-10-19-16/h3-10,13H,2,11-12H2,1H3,(H,19,20,23)/t13-/m0/s1. The van der Waals surface area contributed by atoms with Crippen molar-refractivity contribution in [2.75, 3.05) is 23.4 Å². The van der Waals surface area contributed by atoms with Gasteiger partial charge in [0.1, 0.15) is 11.6 Å². The Balaban J connectivity index is 1.73. The summed E-state index contributed by atoms with van der Waals surface area (Å²) in [6.07, 6.45) is 1.79. The SMILES string of the molecule is CCOc1ccccc1N1C[C@@H](C(=O)Nc2ccccn2)CC1=O. The zero-order chi connectivity index (χ0) is 16.9. The largest absolute Gasteiger partial charge is 0.492 e. The molecule has 1 aliphatic heterocycles. The van der Waals surface area contributed by atoms with Crippen molar-refractivity contribution in [1.82, 2.24) is 4.98 Å². The average molecular weight is 325 g/mol. The molecule has 1 aromatic heterocycles. The molecule has 2 aromatic rings. The summed E-state index contributed by atoms with van der Waals surface area (Å²) in [6.45, 7) is 2.75. The zero-order valence-electron chi connectivity index (χ0n) is 13.4.